The molecule has 0 saturated heterocycles. The zero-order chi connectivity index (χ0) is 19.5. The van der Waals surface area contributed by atoms with Crippen LogP contribution in [0.3, 0.4) is 0 Å². The van der Waals surface area contributed by atoms with Crippen molar-refractivity contribution < 1.29 is 4.42 Å². The molecule has 0 saturated carbocycles. The Morgan fingerprint density at radius 3 is 1.28 bits per heavy atom. The Kier molecular flexibility index (Phi) is 4.35. The molecule has 6 rings (SSSR count). The van der Waals surface area contributed by atoms with Gasteiger partial charge in [-0.05, 0) is 72.8 Å². The molecule has 0 atom stereocenters. The van der Waals surface area contributed by atoms with Crippen LogP contribution in [0.4, 0.5) is 0 Å². The fourth-order valence-electron chi connectivity index (χ4n) is 3.12. The second-order valence-corrected chi connectivity index (χ2v) is 6.58. The minimum Gasteiger partial charge on any atom is -0.452 e. The van der Waals surface area contributed by atoms with Crippen LogP contribution in [0.1, 0.15) is 22.8 Å². The predicted octanol–water partition coefficient (Wildman–Crippen LogP) is 5.33. The van der Waals surface area contributed by atoms with E-state index in [4.69, 9.17) is 0 Å². The highest BCUT2D eigenvalue weighted by Crippen LogP contribution is 2.16. The van der Waals surface area contributed by atoms with Crippen LogP contribution in [0, 0.1) is 0 Å². The van der Waals surface area contributed by atoms with E-state index in [2.05, 4.69) is 53.6 Å². The third kappa shape index (κ3) is 4.06. The van der Waals surface area contributed by atoms with Gasteiger partial charge in [0.25, 0.3) is 0 Å². The van der Waals surface area contributed by atoms with Crippen LogP contribution < -0.4 is 0 Å². The quantitative estimate of drug-likeness (QED) is 0.374. The van der Waals surface area contributed by atoms with Crippen molar-refractivity contribution in [2.24, 2.45) is 0 Å². The van der Waals surface area contributed by atoms with Gasteiger partial charge in [-0.3, -0.25) is 0 Å². The molecule has 4 aromatic rings. The van der Waals surface area contributed by atoms with Gasteiger partial charge in [0, 0.05) is 22.1 Å². The van der Waals surface area contributed by atoms with E-state index in [9.17, 15) is 0 Å². The lowest BCUT2D eigenvalue weighted by Crippen LogP contribution is -1.75. The summed E-state index contributed by atoms with van der Waals surface area (Å²) in [6, 6.07) is 16.4. The van der Waals surface area contributed by atoms with Crippen LogP contribution in [0.5, 0.6) is 0 Å². The second kappa shape index (κ2) is 7.44. The first-order valence-electron chi connectivity index (χ1n) is 9.17. The molecule has 6 heterocycles. The largest absolute Gasteiger partial charge is 0.452 e. The average Bonchev–Trinajstić information content (AvgIpc) is 3.50. The topological polar surface area (TPSA) is 83.4 Å². The van der Waals surface area contributed by atoms with Crippen molar-refractivity contribution in [3.63, 3.8) is 0 Å². The summed E-state index contributed by atoms with van der Waals surface area (Å²) < 4.78 is 4.47. The first kappa shape index (κ1) is 16.9. The maximum Gasteiger partial charge on any atom is 0.180 e. The van der Waals surface area contributed by atoms with Crippen molar-refractivity contribution in [2.75, 3.05) is 0 Å². The number of fused-ring (bicyclic) bond motifs is 8. The summed E-state index contributed by atoms with van der Waals surface area (Å²) in [5.74, 6) is 0. The number of nitrogens with zero attached hydrogens (tertiary/aromatic N) is 3. The third-order valence-corrected chi connectivity index (χ3v) is 4.39. The van der Waals surface area contributed by atoms with Crippen LogP contribution in [0.25, 0.3) is 46.4 Å². The van der Waals surface area contributed by atoms with E-state index in [1.54, 1.807) is 6.20 Å². The Labute approximate surface area is 166 Å². The van der Waals surface area contributed by atoms with E-state index >= 15 is 0 Å². The predicted molar refractivity (Wildman–Crippen MR) is 115 cm³/mol. The monoisotopic (exact) mass is 379 g/mol. The molecule has 2 aliphatic rings. The van der Waals surface area contributed by atoms with E-state index in [0.717, 1.165) is 44.8 Å². The third-order valence-electron chi connectivity index (χ3n) is 4.39. The minimum absolute atomic E-state index is 0.939. The van der Waals surface area contributed by atoms with Gasteiger partial charge >= 0.3 is 0 Å². The lowest BCUT2D eigenvalue weighted by molar-refractivity contribution is 0.558. The summed E-state index contributed by atoms with van der Waals surface area (Å²) in [6.07, 6.45) is 12.6. The normalized spacial score (nSPS) is 11.9. The number of hydrogen-bond donors (Lipinski definition) is 2. The van der Waals surface area contributed by atoms with Crippen molar-refractivity contribution in [3.8, 4) is 0 Å². The van der Waals surface area contributed by atoms with E-state index in [1.807, 2.05) is 48.6 Å². The van der Waals surface area contributed by atoms with Crippen molar-refractivity contribution in [1.29, 1.82) is 0 Å². The maximum absolute atomic E-state index is 4.63. The number of oxazole rings is 1. The van der Waals surface area contributed by atoms with E-state index in [0.29, 0.717) is 0 Å². The maximum atomic E-state index is 4.63. The summed E-state index contributed by atoms with van der Waals surface area (Å²) in [4.78, 5) is 19.6. The summed E-state index contributed by atoms with van der Waals surface area (Å²) in [6.45, 7) is 0. The van der Waals surface area contributed by atoms with Crippen molar-refractivity contribution >= 4 is 46.4 Å². The molecule has 29 heavy (non-hydrogen) atoms. The number of aromatic amines is 2. The van der Waals surface area contributed by atoms with E-state index < -0.39 is 0 Å². The molecule has 0 radical (unpaired) electrons. The van der Waals surface area contributed by atoms with Crippen molar-refractivity contribution in [2.45, 2.75) is 0 Å². The molecule has 0 spiro atoms. The average molecular weight is 379 g/mol. The fraction of sp³-hybridized carbons (Fsp3) is 0. The van der Waals surface area contributed by atoms with Gasteiger partial charge in [-0.2, -0.15) is 0 Å². The van der Waals surface area contributed by atoms with E-state index in [-0.39, 0.29) is 0 Å². The molecule has 8 bridgehead atoms. The summed E-state index contributed by atoms with van der Waals surface area (Å²) >= 11 is 0. The lowest BCUT2D eigenvalue weighted by Gasteiger charge is -1.85. The highest BCUT2D eigenvalue weighted by molar-refractivity contribution is 5.77. The lowest BCUT2D eigenvalue weighted by atomic mass is 10.3. The van der Waals surface area contributed by atoms with Crippen LogP contribution in [0.15, 0.2) is 71.8 Å². The molecule has 0 fully saturated rings. The van der Waals surface area contributed by atoms with E-state index in [1.165, 1.54) is 12.7 Å². The number of H-pyrrole nitrogens is 2. The molecule has 2 N–H and O–H groups in total. The molecular formula is C23H17N5O. The Bertz CT molecular complexity index is 1160. The summed E-state index contributed by atoms with van der Waals surface area (Å²) in [5.41, 5.74) is 7.86. The zero-order valence-corrected chi connectivity index (χ0v) is 15.4. The van der Waals surface area contributed by atoms with Crippen LogP contribution in [0.2, 0.25) is 0 Å². The fourth-order valence-corrected chi connectivity index (χ4v) is 3.12. The summed E-state index contributed by atoms with van der Waals surface area (Å²) in [5, 5.41) is 0. The molecule has 6 heteroatoms. The van der Waals surface area contributed by atoms with Gasteiger partial charge in [-0.15, -0.1) is 0 Å². The molecule has 0 amide bonds. The van der Waals surface area contributed by atoms with Crippen molar-refractivity contribution in [3.05, 3.63) is 90.2 Å². The zero-order valence-electron chi connectivity index (χ0n) is 15.4. The van der Waals surface area contributed by atoms with Gasteiger partial charge in [0.05, 0.1) is 29.0 Å². The highest BCUT2D eigenvalue weighted by Gasteiger charge is 2.01. The van der Waals surface area contributed by atoms with Crippen LogP contribution in [-0.4, -0.2) is 24.9 Å². The molecule has 0 aliphatic carbocycles. The van der Waals surface area contributed by atoms with Gasteiger partial charge in [-0.1, -0.05) is 0 Å². The molecule has 6 nitrogen and oxygen atoms in total. The van der Waals surface area contributed by atoms with Gasteiger partial charge in [0.15, 0.2) is 6.39 Å². The minimum atomic E-state index is 0.939. The molecule has 4 aromatic heterocycles. The SMILES string of the molecule is C1=Cc2cc3ccc(cc4nc(cc5ccc(cc1n2)[nH]5)C=C4)[nH]3.c1cocn1. The molecular weight excluding hydrogens is 362 g/mol. The second-order valence-electron chi connectivity index (χ2n) is 6.58. The summed E-state index contributed by atoms with van der Waals surface area (Å²) in [7, 11) is 0. The van der Waals surface area contributed by atoms with Crippen LogP contribution in [-0.2, 0) is 0 Å². The van der Waals surface area contributed by atoms with Crippen LogP contribution >= 0.6 is 0 Å². The van der Waals surface area contributed by atoms with Gasteiger partial charge in [0.2, 0.25) is 0 Å². The Hall–Kier alpha value is -4.19. The van der Waals surface area contributed by atoms with Crippen molar-refractivity contribution in [1.82, 2.24) is 24.9 Å². The molecule has 140 valence electrons. The number of hydrogen-bond acceptors (Lipinski definition) is 4. The Balaban J connectivity index is 0.000000319. The standard InChI is InChI=1S/C20H14N4.C3H3NO/c1-2-14-10-16-5-6-18(23-16)12-20-8-7-19(24-20)11-17-4-3-15(22-17)9-13(1)21-14;1-2-5-3-4-1/h1-12,21,24H;1-3H. The highest BCUT2D eigenvalue weighted by atomic mass is 16.3. The van der Waals surface area contributed by atoms with Gasteiger partial charge in [0.1, 0.15) is 6.26 Å². The van der Waals surface area contributed by atoms with Gasteiger partial charge < -0.3 is 14.4 Å². The molecule has 0 aromatic carbocycles. The first-order chi connectivity index (χ1) is 14.3. The van der Waals surface area contributed by atoms with Gasteiger partial charge in [-0.25, -0.2) is 15.0 Å². The number of aromatic nitrogens is 5. The number of nitrogens with one attached hydrogen (secondary N) is 2. The first-order valence-corrected chi connectivity index (χ1v) is 9.17. The Morgan fingerprint density at radius 2 is 1.00 bits per heavy atom. The number of rotatable bonds is 0. The molecule has 2 aliphatic heterocycles. The Morgan fingerprint density at radius 1 is 0.586 bits per heavy atom. The molecule has 0 unspecified atom stereocenters. The smallest absolute Gasteiger partial charge is 0.180 e.